The van der Waals surface area contributed by atoms with Crippen molar-refractivity contribution < 1.29 is 13.2 Å². The predicted molar refractivity (Wildman–Crippen MR) is 134 cm³/mol. The van der Waals surface area contributed by atoms with Crippen LogP contribution in [0.4, 0.5) is 24.9 Å². The number of aryl methyl sites for hydroxylation is 1. The minimum atomic E-state index is -2.91. The van der Waals surface area contributed by atoms with Crippen LogP contribution in [0.25, 0.3) is 11.0 Å². The summed E-state index contributed by atoms with van der Waals surface area (Å²) in [6.45, 7) is 4.99. The monoisotopic (exact) mass is 497 g/mol. The molecule has 36 heavy (non-hydrogen) atoms. The molecule has 1 atom stereocenters. The van der Waals surface area contributed by atoms with Crippen LogP contribution in [0, 0.1) is 24.1 Å². The number of nitriles is 1. The molecule has 1 aliphatic rings. The number of nitrogens with one attached hydrogen (secondary N) is 1. The van der Waals surface area contributed by atoms with Crippen LogP contribution in [0.15, 0.2) is 24.3 Å². The molecular weight excluding hydrogens is 467 g/mol. The molecule has 3 aromatic rings. The Labute approximate surface area is 209 Å². The van der Waals surface area contributed by atoms with Gasteiger partial charge >= 0.3 is 0 Å². The number of likely N-dealkylation sites (N-methyl/N-ethyl adjacent to an activating group) is 2. The van der Waals surface area contributed by atoms with Crippen molar-refractivity contribution in [1.29, 1.82) is 5.26 Å². The van der Waals surface area contributed by atoms with Crippen molar-refractivity contribution in [2.45, 2.75) is 44.6 Å². The molecule has 7 nitrogen and oxygen atoms in total. The van der Waals surface area contributed by atoms with E-state index in [1.807, 2.05) is 43.9 Å². The Balaban J connectivity index is 1.80. The standard InChI is InChI=1S/C26H30F3N7/c1-15(17-7-6-8-18(21(17)27)22(28)29)31-23-19-13-20(26(14-30)9-10-26)16(2)32-24(19)34-25(33-23)36(5)12-11-35(3)4/h6-8,13,15,22H,9-12H2,1-5H3,(H,31,32,33,34)/t15-/m1/s1. The summed E-state index contributed by atoms with van der Waals surface area (Å²) in [6.07, 6.45) is -1.40. The van der Waals surface area contributed by atoms with Gasteiger partial charge in [-0.2, -0.15) is 15.2 Å². The molecule has 190 valence electrons. The molecule has 0 aliphatic heterocycles. The van der Waals surface area contributed by atoms with Gasteiger partial charge in [-0.25, -0.2) is 18.2 Å². The maximum absolute atomic E-state index is 14.9. The minimum absolute atomic E-state index is 0.109. The van der Waals surface area contributed by atoms with Crippen LogP contribution in [0.5, 0.6) is 0 Å². The van der Waals surface area contributed by atoms with E-state index in [4.69, 9.17) is 9.97 Å². The van der Waals surface area contributed by atoms with Crippen LogP contribution < -0.4 is 10.2 Å². The molecule has 2 heterocycles. The van der Waals surface area contributed by atoms with Gasteiger partial charge in [0.1, 0.15) is 11.6 Å². The van der Waals surface area contributed by atoms with Gasteiger partial charge in [-0.1, -0.05) is 18.2 Å². The number of hydrogen-bond donors (Lipinski definition) is 1. The number of halogens is 3. The Morgan fingerprint density at radius 2 is 1.81 bits per heavy atom. The first-order valence-corrected chi connectivity index (χ1v) is 11.9. The van der Waals surface area contributed by atoms with Crippen molar-refractivity contribution in [1.82, 2.24) is 19.9 Å². The zero-order valence-electron chi connectivity index (χ0n) is 21.1. The zero-order valence-corrected chi connectivity index (χ0v) is 21.1. The molecule has 0 bridgehead atoms. The molecule has 0 saturated heterocycles. The van der Waals surface area contributed by atoms with Crippen LogP contribution in [-0.4, -0.2) is 54.1 Å². The Bertz CT molecular complexity index is 1320. The average Bonchev–Trinajstić information content (AvgIpc) is 3.62. The fraction of sp³-hybridized carbons (Fsp3) is 0.462. The highest BCUT2D eigenvalue weighted by atomic mass is 19.3. The number of pyridine rings is 1. The highest BCUT2D eigenvalue weighted by Crippen LogP contribution is 2.49. The van der Waals surface area contributed by atoms with Crippen LogP contribution >= 0.6 is 0 Å². The molecule has 0 unspecified atom stereocenters. The van der Waals surface area contributed by atoms with Gasteiger partial charge in [-0.05, 0) is 52.4 Å². The van der Waals surface area contributed by atoms with E-state index in [0.29, 0.717) is 29.3 Å². The second kappa shape index (κ2) is 9.90. The van der Waals surface area contributed by atoms with Gasteiger partial charge in [0.2, 0.25) is 5.95 Å². The SMILES string of the molecule is Cc1nc2nc(N(C)CCN(C)C)nc(N[C@H](C)c3cccc(C(F)F)c3F)c2cc1C1(C#N)CC1. The zero-order chi connectivity index (χ0) is 26.2. The molecule has 0 radical (unpaired) electrons. The van der Waals surface area contributed by atoms with Gasteiger partial charge in [0.25, 0.3) is 6.43 Å². The molecule has 1 N–H and O–H groups in total. The molecule has 2 aromatic heterocycles. The van der Waals surface area contributed by atoms with Gasteiger partial charge < -0.3 is 15.1 Å². The van der Waals surface area contributed by atoms with Crippen molar-refractivity contribution in [2.75, 3.05) is 44.4 Å². The fourth-order valence-corrected chi connectivity index (χ4v) is 4.27. The normalized spacial score (nSPS) is 15.2. The first-order chi connectivity index (χ1) is 17.1. The Kier molecular flexibility index (Phi) is 7.05. The Morgan fingerprint density at radius 1 is 1.11 bits per heavy atom. The molecule has 10 heteroatoms. The van der Waals surface area contributed by atoms with Crippen molar-refractivity contribution in [3.05, 3.63) is 52.5 Å². The molecule has 1 saturated carbocycles. The van der Waals surface area contributed by atoms with E-state index >= 15 is 0 Å². The maximum Gasteiger partial charge on any atom is 0.266 e. The lowest BCUT2D eigenvalue weighted by Gasteiger charge is -2.23. The molecular formula is C26H30F3N7. The number of benzene rings is 1. The summed E-state index contributed by atoms with van der Waals surface area (Å²) in [4.78, 5) is 18.0. The topological polar surface area (TPSA) is 81.0 Å². The molecule has 4 rings (SSSR count). The number of hydrogen-bond acceptors (Lipinski definition) is 7. The lowest BCUT2D eigenvalue weighted by atomic mass is 9.95. The van der Waals surface area contributed by atoms with E-state index in [9.17, 15) is 18.4 Å². The largest absolute Gasteiger partial charge is 0.363 e. The number of aromatic nitrogens is 3. The van der Waals surface area contributed by atoms with Crippen LogP contribution in [0.3, 0.4) is 0 Å². The second-order valence-electron chi connectivity index (χ2n) is 9.70. The molecule has 0 amide bonds. The summed E-state index contributed by atoms with van der Waals surface area (Å²) in [5, 5.41) is 13.6. The summed E-state index contributed by atoms with van der Waals surface area (Å²) < 4.78 is 41.5. The molecule has 1 aliphatic carbocycles. The fourth-order valence-electron chi connectivity index (χ4n) is 4.27. The number of rotatable bonds is 9. The van der Waals surface area contributed by atoms with E-state index in [1.54, 1.807) is 6.92 Å². The van der Waals surface area contributed by atoms with Crippen LogP contribution in [-0.2, 0) is 5.41 Å². The van der Waals surface area contributed by atoms with E-state index in [-0.39, 0.29) is 5.56 Å². The van der Waals surface area contributed by atoms with E-state index in [1.165, 1.54) is 12.1 Å². The first-order valence-electron chi connectivity index (χ1n) is 11.9. The number of anilines is 2. The van der Waals surface area contributed by atoms with Crippen molar-refractivity contribution in [3.63, 3.8) is 0 Å². The number of fused-ring (bicyclic) bond motifs is 1. The predicted octanol–water partition coefficient (Wildman–Crippen LogP) is 5.14. The lowest BCUT2D eigenvalue weighted by molar-refractivity contribution is 0.146. The first kappa shape index (κ1) is 25.6. The van der Waals surface area contributed by atoms with Crippen LogP contribution in [0.2, 0.25) is 0 Å². The third-order valence-corrected chi connectivity index (χ3v) is 6.68. The summed E-state index contributed by atoms with van der Waals surface area (Å²) in [5.41, 5.74) is 0.920. The van der Waals surface area contributed by atoms with Gasteiger partial charge in [-0.15, -0.1) is 0 Å². The van der Waals surface area contributed by atoms with E-state index < -0.39 is 29.3 Å². The summed E-state index contributed by atoms with van der Waals surface area (Å²) in [5.74, 6) is -0.101. The van der Waals surface area contributed by atoms with Gasteiger partial charge in [0, 0.05) is 31.4 Å². The van der Waals surface area contributed by atoms with Crippen LogP contribution in [0.1, 0.15) is 54.6 Å². The summed E-state index contributed by atoms with van der Waals surface area (Å²) in [6, 6.07) is 7.61. The van der Waals surface area contributed by atoms with Crippen molar-refractivity contribution in [3.8, 4) is 6.07 Å². The second-order valence-corrected chi connectivity index (χ2v) is 9.70. The molecule has 0 spiro atoms. The average molecular weight is 498 g/mol. The number of nitrogens with zero attached hydrogens (tertiary/aromatic N) is 6. The van der Waals surface area contributed by atoms with Gasteiger partial charge in [0.05, 0.1) is 28.5 Å². The maximum atomic E-state index is 14.9. The lowest BCUT2D eigenvalue weighted by Crippen LogP contribution is -2.30. The summed E-state index contributed by atoms with van der Waals surface area (Å²) in [7, 11) is 5.82. The Morgan fingerprint density at radius 3 is 2.42 bits per heavy atom. The van der Waals surface area contributed by atoms with Crippen molar-refractivity contribution >= 4 is 22.8 Å². The molecule has 1 aromatic carbocycles. The summed E-state index contributed by atoms with van der Waals surface area (Å²) >= 11 is 0. The van der Waals surface area contributed by atoms with Gasteiger partial charge in [-0.3, -0.25) is 0 Å². The highest BCUT2D eigenvalue weighted by Gasteiger charge is 2.46. The van der Waals surface area contributed by atoms with Crippen molar-refractivity contribution in [2.24, 2.45) is 0 Å². The highest BCUT2D eigenvalue weighted by molar-refractivity contribution is 5.89. The third-order valence-electron chi connectivity index (χ3n) is 6.68. The minimum Gasteiger partial charge on any atom is -0.363 e. The number of alkyl halides is 2. The van der Waals surface area contributed by atoms with Gasteiger partial charge in [0.15, 0.2) is 5.65 Å². The van der Waals surface area contributed by atoms with E-state index in [2.05, 4.69) is 16.4 Å². The quantitative estimate of drug-likeness (QED) is 0.439. The Hall–Kier alpha value is -3.45. The third kappa shape index (κ3) is 4.93. The smallest absolute Gasteiger partial charge is 0.266 e. The molecule has 1 fully saturated rings. The van der Waals surface area contributed by atoms with E-state index in [0.717, 1.165) is 36.7 Å².